The summed E-state index contributed by atoms with van der Waals surface area (Å²) >= 11 is 0. The van der Waals surface area contributed by atoms with Crippen LogP contribution in [-0.2, 0) is 29.1 Å². The fourth-order valence-corrected chi connectivity index (χ4v) is 4.31. The van der Waals surface area contributed by atoms with Crippen LogP contribution >= 0.6 is 0 Å². The Morgan fingerprint density at radius 3 is 2.20 bits per heavy atom. The Bertz CT molecular complexity index is 868. The molecule has 1 aromatic rings. The topological polar surface area (TPSA) is 122 Å². The Balaban J connectivity index is 1.95. The van der Waals surface area contributed by atoms with E-state index in [1.807, 2.05) is 0 Å². The van der Waals surface area contributed by atoms with E-state index in [2.05, 4.69) is 14.8 Å². The summed E-state index contributed by atoms with van der Waals surface area (Å²) in [7, 11) is -1.43. The summed E-state index contributed by atoms with van der Waals surface area (Å²) < 4.78 is 48.7. The average molecular weight is 445 g/mol. The van der Waals surface area contributed by atoms with Crippen LogP contribution < -0.4 is 5.32 Å². The van der Waals surface area contributed by atoms with Crippen molar-refractivity contribution in [3.63, 3.8) is 0 Å². The molecule has 0 saturated carbocycles. The molecule has 1 N–H and O–H groups in total. The second-order valence-corrected chi connectivity index (χ2v) is 8.42. The first-order valence-corrected chi connectivity index (χ1v) is 10.6. The zero-order valence-corrected chi connectivity index (χ0v) is 17.5. The van der Waals surface area contributed by atoms with Gasteiger partial charge in [0.05, 0.1) is 19.1 Å². The van der Waals surface area contributed by atoms with E-state index in [1.165, 1.54) is 35.6 Å². The van der Waals surface area contributed by atoms with Gasteiger partial charge in [0.15, 0.2) is 0 Å². The molecule has 0 aliphatic carbocycles. The van der Waals surface area contributed by atoms with Gasteiger partial charge >= 0.3 is 18.0 Å². The zero-order valence-electron chi connectivity index (χ0n) is 16.7. The number of hydrogen-bond donors (Lipinski definition) is 1. The molecule has 12 heteroatoms. The summed E-state index contributed by atoms with van der Waals surface area (Å²) in [4.78, 5) is 37.0. The zero-order chi connectivity index (χ0) is 22.3. The summed E-state index contributed by atoms with van der Waals surface area (Å²) in [6.07, 6.45) is -0.0791. The Morgan fingerprint density at radius 1 is 1.07 bits per heavy atom. The van der Waals surface area contributed by atoms with Gasteiger partial charge in [-0.05, 0) is 30.7 Å². The molecular formula is C18H24FN3O7S. The molecule has 1 aliphatic heterocycles. The number of carbonyl (C=O) groups excluding carboxylic acids is 3. The molecular weight excluding hydrogens is 421 g/mol. The minimum atomic E-state index is -3.81. The lowest BCUT2D eigenvalue weighted by molar-refractivity contribution is -0.144. The highest BCUT2D eigenvalue weighted by atomic mass is 32.2. The molecule has 1 aromatic carbocycles. The lowest BCUT2D eigenvalue weighted by atomic mass is 10.1. The van der Waals surface area contributed by atoms with Crippen LogP contribution in [0.3, 0.4) is 0 Å². The van der Waals surface area contributed by atoms with Crippen molar-refractivity contribution in [3.8, 4) is 0 Å². The van der Waals surface area contributed by atoms with Crippen molar-refractivity contribution in [1.29, 1.82) is 0 Å². The predicted molar refractivity (Wildman–Crippen MR) is 102 cm³/mol. The van der Waals surface area contributed by atoms with E-state index in [0.29, 0.717) is 0 Å². The van der Waals surface area contributed by atoms with Crippen LogP contribution in [0.4, 0.5) is 9.18 Å². The molecule has 0 aromatic heterocycles. The van der Waals surface area contributed by atoms with Gasteiger partial charge in [-0.25, -0.2) is 22.4 Å². The van der Waals surface area contributed by atoms with Crippen LogP contribution in [0.5, 0.6) is 0 Å². The summed E-state index contributed by atoms with van der Waals surface area (Å²) in [5.41, 5.74) is 0. The van der Waals surface area contributed by atoms with Crippen molar-refractivity contribution < 1.29 is 36.7 Å². The van der Waals surface area contributed by atoms with Gasteiger partial charge < -0.3 is 19.7 Å². The van der Waals surface area contributed by atoms with Gasteiger partial charge in [-0.2, -0.15) is 4.31 Å². The predicted octanol–water partition coefficient (Wildman–Crippen LogP) is 0.336. The molecule has 0 unspecified atom stereocenters. The van der Waals surface area contributed by atoms with E-state index in [0.717, 1.165) is 12.1 Å². The number of esters is 2. The number of ether oxygens (including phenoxy) is 2. The third-order valence-electron chi connectivity index (χ3n) is 4.63. The number of urea groups is 1. The molecule has 1 heterocycles. The third kappa shape index (κ3) is 5.89. The minimum absolute atomic E-state index is 0.00397. The fraction of sp³-hybridized carbons (Fsp3) is 0.500. The van der Waals surface area contributed by atoms with E-state index in [-0.39, 0.29) is 43.9 Å². The van der Waals surface area contributed by atoms with Crippen LogP contribution in [0.15, 0.2) is 29.2 Å². The number of carbonyl (C=O) groups is 3. The van der Waals surface area contributed by atoms with Crippen LogP contribution in [0.1, 0.15) is 12.8 Å². The van der Waals surface area contributed by atoms with E-state index in [1.54, 1.807) is 0 Å². The molecule has 1 saturated heterocycles. The van der Waals surface area contributed by atoms with Gasteiger partial charge in [-0.15, -0.1) is 0 Å². The van der Waals surface area contributed by atoms with Gasteiger partial charge in [-0.1, -0.05) is 0 Å². The highest BCUT2D eigenvalue weighted by molar-refractivity contribution is 7.89. The van der Waals surface area contributed by atoms with Crippen molar-refractivity contribution in [3.05, 3.63) is 30.1 Å². The Hall–Kier alpha value is -2.73. The van der Waals surface area contributed by atoms with Crippen LogP contribution in [0.2, 0.25) is 0 Å². The maximum absolute atomic E-state index is 13.0. The van der Waals surface area contributed by atoms with Crippen LogP contribution in [0.25, 0.3) is 0 Å². The van der Waals surface area contributed by atoms with Crippen molar-refractivity contribution >= 4 is 28.0 Å². The molecule has 1 aliphatic rings. The largest absolute Gasteiger partial charge is 0.469 e. The maximum Gasteiger partial charge on any atom is 0.328 e. The molecule has 0 bridgehead atoms. The SMILES string of the molecule is COC(=O)CC[C@@H](NC(=O)N1CCN(S(=O)(=O)c2ccc(F)cc2)CC1)C(=O)OC. The number of hydrogen-bond acceptors (Lipinski definition) is 7. The minimum Gasteiger partial charge on any atom is -0.469 e. The smallest absolute Gasteiger partial charge is 0.328 e. The summed E-state index contributed by atoms with van der Waals surface area (Å²) in [5.74, 6) is -1.77. The van der Waals surface area contributed by atoms with Crippen molar-refractivity contribution in [1.82, 2.24) is 14.5 Å². The molecule has 0 radical (unpaired) electrons. The highest BCUT2D eigenvalue weighted by Crippen LogP contribution is 2.18. The van der Waals surface area contributed by atoms with Crippen molar-refractivity contribution in [2.75, 3.05) is 40.4 Å². The molecule has 10 nitrogen and oxygen atoms in total. The molecule has 2 rings (SSSR count). The second-order valence-electron chi connectivity index (χ2n) is 6.49. The molecule has 0 spiro atoms. The standard InChI is InChI=1S/C18H24FN3O7S/c1-28-16(23)8-7-15(17(24)29-2)20-18(25)21-9-11-22(12-10-21)30(26,27)14-5-3-13(19)4-6-14/h3-6,15H,7-12H2,1-2H3,(H,20,25)/t15-/m1/s1. The second kappa shape index (κ2) is 10.3. The first-order chi connectivity index (χ1) is 14.2. The third-order valence-corrected chi connectivity index (χ3v) is 6.54. The van der Waals surface area contributed by atoms with E-state index < -0.39 is 39.9 Å². The molecule has 1 fully saturated rings. The number of halogens is 1. The molecule has 2 amide bonds. The lowest BCUT2D eigenvalue weighted by Crippen LogP contribution is -2.55. The average Bonchev–Trinajstić information content (AvgIpc) is 2.75. The van der Waals surface area contributed by atoms with Gasteiger partial charge in [0, 0.05) is 32.6 Å². The molecule has 166 valence electrons. The van der Waals surface area contributed by atoms with Crippen molar-refractivity contribution in [2.45, 2.75) is 23.8 Å². The van der Waals surface area contributed by atoms with Gasteiger partial charge in [0.2, 0.25) is 10.0 Å². The Labute approximate surface area is 174 Å². The molecule has 30 heavy (non-hydrogen) atoms. The van der Waals surface area contributed by atoms with E-state index >= 15 is 0 Å². The number of nitrogens with one attached hydrogen (secondary N) is 1. The van der Waals surface area contributed by atoms with E-state index in [9.17, 15) is 27.2 Å². The highest BCUT2D eigenvalue weighted by Gasteiger charge is 2.32. The van der Waals surface area contributed by atoms with E-state index in [4.69, 9.17) is 0 Å². The van der Waals surface area contributed by atoms with Gasteiger partial charge in [0.25, 0.3) is 0 Å². The lowest BCUT2D eigenvalue weighted by Gasteiger charge is -2.34. The number of sulfonamides is 1. The number of amides is 2. The van der Waals surface area contributed by atoms with Crippen LogP contribution in [0, 0.1) is 5.82 Å². The monoisotopic (exact) mass is 445 g/mol. The Morgan fingerprint density at radius 2 is 1.67 bits per heavy atom. The van der Waals surface area contributed by atoms with Crippen molar-refractivity contribution in [2.24, 2.45) is 0 Å². The quantitative estimate of drug-likeness (QED) is 0.601. The first kappa shape index (κ1) is 23.5. The number of nitrogens with zero attached hydrogens (tertiary/aromatic N) is 2. The summed E-state index contributed by atoms with van der Waals surface area (Å²) in [6, 6.07) is 2.89. The number of rotatable bonds is 7. The van der Waals surface area contributed by atoms with Crippen LogP contribution in [-0.4, -0.2) is 82.0 Å². The summed E-state index contributed by atoms with van der Waals surface area (Å²) in [5, 5.41) is 2.50. The maximum atomic E-state index is 13.0. The molecule has 1 atom stereocenters. The fourth-order valence-electron chi connectivity index (χ4n) is 2.88. The Kier molecular flexibility index (Phi) is 8.12. The first-order valence-electron chi connectivity index (χ1n) is 9.15. The number of benzene rings is 1. The number of methoxy groups -OCH3 is 2. The van der Waals surface area contributed by atoms with Gasteiger partial charge in [-0.3, -0.25) is 4.79 Å². The van der Waals surface area contributed by atoms with Gasteiger partial charge in [0.1, 0.15) is 11.9 Å². The normalized spacial score (nSPS) is 15.9. The summed E-state index contributed by atoms with van der Waals surface area (Å²) in [6.45, 7) is 0.269. The number of piperazine rings is 1.